The van der Waals surface area contributed by atoms with E-state index >= 15 is 0 Å². The van der Waals surface area contributed by atoms with Gasteiger partial charge in [-0.3, -0.25) is 0 Å². The molecule has 0 N–H and O–H groups in total. The van der Waals surface area contributed by atoms with E-state index in [2.05, 4.69) is 26.5 Å². The summed E-state index contributed by atoms with van der Waals surface area (Å²) in [4.78, 5) is 0. The van der Waals surface area contributed by atoms with Crippen molar-refractivity contribution in [2.75, 3.05) is 0 Å². The fourth-order valence-electron chi connectivity index (χ4n) is 1.65. The van der Waals surface area contributed by atoms with Crippen molar-refractivity contribution in [2.24, 2.45) is 0 Å². The first kappa shape index (κ1) is 19.6. The Balaban J connectivity index is 0.00000180. The summed E-state index contributed by atoms with van der Waals surface area (Å²) in [6.45, 7) is 6.09. The number of para-hydroxylation sites is 2. The predicted molar refractivity (Wildman–Crippen MR) is 82.7 cm³/mol. The second-order valence-electron chi connectivity index (χ2n) is 5.21. The van der Waals surface area contributed by atoms with E-state index in [1.54, 1.807) is 0 Å². The maximum Gasteiger partial charge on any atom is -0.147 e. The molecule has 0 amide bonds. The topological polar surface area (TPSA) is 18.5 Å². The molecule has 1 aromatic rings. The van der Waals surface area contributed by atoms with E-state index in [0.717, 1.165) is 23.7 Å². The van der Waals surface area contributed by atoms with Gasteiger partial charge >= 0.3 is 120 Å². The van der Waals surface area contributed by atoms with E-state index < -0.39 is 0 Å². The van der Waals surface area contributed by atoms with E-state index in [0.29, 0.717) is 0 Å². The van der Waals surface area contributed by atoms with Gasteiger partial charge in [0, 0.05) is 0 Å². The number of hydrogen-bond donors (Lipinski definition) is 0. The van der Waals surface area contributed by atoms with Crippen LogP contribution in [0.25, 0.3) is 0 Å². The van der Waals surface area contributed by atoms with E-state index in [-0.39, 0.29) is 30.4 Å². The molecule has 1 aliphatic rings. The molecule has 0 aliphatic heterocycles. The first-order valence-corrected chi connectivity index (χ1v) is 6.81. The average molecular weight is 350 g/mol. The standard InChI is InChI=1S/C15H17O2.2ClH.Ti/c1-15(2,3)17-14-11-7-6-10-13(14)16-12-8-4-5-9-12;;;/h4,6-8,10-11H,5H2,1-3H3;2*1H;. The second kappa shape index (κ2) is 8.14. The van der Waals surface area contributed by atoms with Crippen LogP contribution >= 0.6 is 24.8 Å². The molecule has 0 saturated heterocycles. The molecule has 0 bridgehead atoms. The van der Waals surface area contributed by atoms with Crippen molar-refractivity contribution in [3.8, 4) is 11.5 Å². The monoisotopic (exact) mass is 349 g/mol. The predicted octanol–water partition coefficient (Wildman–Crippen LogP) is 4.80. The van der Waals surface area contributed by atoms with Crippen LogP contribution in [0.2, 0.25) is 0 Å². The zero-order valence-electron chi connectivity index (χ0n) is 11.8. The van der Waals surface area contributed by atoms with Crippen LogP contribution in [-0.2, 0) is 20.4 Å². The number of halogens is 2. The van der Waals surface area contributed by atoms with Crippen molar-refractivity contribution in [3.63, 3.8) is 0 Å². The van der Waals surface area contributed by atoms with Crippen LogP contribution in [0.4, 0.5) is 0 Å². The van der Waals surface area contributed by atoms with Crippen molar-refractivity contribution in [3.05, 3.63) is 46.1 Å². The molecule has 0 unspecified atom stereocenters. The summed E-state index contributed by atoms with van der Waals surface area (Å²) in [5.41, 5.74) is -0.228. The van der Waals surface area contributed by atoms with E-state index in [1.807, 2.05) is 51.1 Å². The molecule has 0 radical (unpaired) electrons. The van der Waals surface area contributed by atoms with Crippen molar-refractivity contribution in [1.82, 2.24) is 0 Å². The largest absolute Gasteiger partial charge is 0.147 e. The van der Waals surface area contributed by atoms with Gasteiger partial charge in [-0.15, -0.1) is 24.8 Å². The molecule has 0 atom stereocenters. The maximum absolute atomic E-state index is 5.93. The van der Waals surface area contributed by atoms with Crippen LogP contribution in [0.1, 0.15) is 27.2 Å². The Labute approximate surface area is 144 Å². The van der Waals surface area contributed by atoms with Crippen LogP contribution in [0.5, 0.6) is 11.5 Å². The summed E-state index contributed by atoms with van der Waals surface area (Å²) in [7, 11) is 0. The van der Waals surface area contributed by atoms with Gasteiger partial charge in [-0.1, -0.05) is 0 Å². The molecule has 1 aliphatic carbocycles. The quantitative estimate of drug-likeness (QED) is 0.729. The van der Waals surface area contributed by atoms with Crippen molar-refractivity contribution < 1.29 is 29.9 Å². The fraction of sp³-hybridized carbons (Fsp3) is 0.333. The van der Waals surface area contributed by atoms with Gasteiger partial charge < -0.3 is 0 Å². The molecule has 2 rings (SSSR count). The molecular weight excluding hydrogens is 331 g/mol. The molecule has 109 valence electrons. The van der Waals surface area contributed by atoms with Crippen LogP contribution < -0.4 is 9.47 Å². The Morgan fingerprint density at radius 2 is 1.65 bits per heavy atom. The molecule has 0 fully saturated rings. The Hall–Kier alpha value is -0.406. The maximum atomic E-state index is 5.93. The second-order valence-corrected chi connectivity index (χ2v) is 6.16. The smallest absolute Gasteiger partial charge is 0.147 e. The van der Waals surface area contributed by atoms with Gasteiger partial charge in [0.25, 0.3) is 0 Å². The van der Waals surface area contributed by atoms with Crippen LogP contribution in [-0.4, -0.2) is 5.60 Å². The van der Waals surface area contributed by atoms with Gasteiger partial charge in [-0.25, -0.2) is 0 Å². The molecule has 1 aromatic carbocycles. The van der Waals surface area contributed by atoms with Crippen LogP contribution in [0.3, 0.4) is 0 Å². The molecule has 0 heterocycles. The summed E-state index contributed by atoms with van der Waals surface area (Å²) in [5.74, 6) is 2.49. The number of hydrogen-bond acceptors (Lipinski definition) is 2. The molecule has 0 aromatic heterocycles. The summed E-state index contributed by atoms with van der Waals surface area (Å²) in [5, 5.41) is 0. The Bertz CT molecular complexity index is 505. The van der Waals surface area contributed by atoms with Crippen LogP contribution in [0.15, 0.2) is 46.1 Å². The molecular formula is C15H19Cl2O2Ti. The third-order valence-corrected chi connectivity index (χ3v) is 3.08. The van der Waals surface area contributed by atoms with E-state index in [9.17, 15) is 0 Å². The SMILES string of the molecule is CC(C)(C)Oc1ccccc1OC1=[C]([Ti])CC=C1.Cl.Cl. The van der Waals surface area contributed by atoms with E-state index in [4.69, 9.17) is 9.47 Å². The molecule has 2 nitrogen and oxygen atoms in total. The minimum absolute atomic E-state index is 0. The average Bonchev–Trinajstić information content (AvgIpc) is 2.65. The summed E-state index contributed by atoms with van der Waals surface area (Å²) < 4.78 is 13.1. The Morgan fingerprint density at radius 1 is 1.05 bits per heavy atom. The number of allylic oxidation sites excluding steroid dienone is 3. The zero-order chi connectivity index (χ0) is 13.2. The fourth-order valence-corrected chi connectivity index (χ4v) is 2.04. The van der Waals surface area contributed by atoms with Crippen molar-refractivity contribution >= 4 is 24.8 Å². The summed E-state index contributed by atoms with van der Waals surface area (Å²) in [6, 6.07) is 7.79. The van der Waals surface area contributed by atoms with Gasteiger partial charge in [0.05, 0.1) is 0 Å². The third kappa shape index (κ3) is 5.53. The first-order valence-electron chi connectivity index (χ1n) is 6.03. The first-order chi connectivity index (χ1) is 8.46. The van der Waals surface area contributed by atoms with Gasteiger partial charge in [-0.2, -0.15) is 0 Å². The number of benzene rings is 1. The molecule has 20 heavy (non-hydrogen) atoms. The summed E-state index contributed by atoms with van der Waals surface area (Å²) in [6.07, 6.45) is 5.10. The van der Waals surface area contributed by atoms with Crippen LogP contribution in [0, 0.1) is 0 Å². The minimum Gasteiger partial charge on any atom is -0.147 e. The summed E-state index contributed by atoms with van der Waals surface area (Å²) >= 11 is 2.09. The van der Waals surface area contributed by atoms with Gasteiger partial charge in [0.2, 0.25) is 0 Å². The normalized spacial score (nSPS) is 13.5. The van der Waals surface area contributed by atoms with Crippen molar-refractivity contribution in [2.45, 2.75) is 32.8 Å². The number of rotatable bonds is 3. The van der Waals surface area contributed by atoms with E-state index in [1.165, 1.54) is 3.88 Å². The zero-order valence-corrected chi connectivity index (χ0v) is 15.0. The molecule has 5 heteroatoms. The van der Waals surface area contributed by atoms with Gasteiger partial charge in [0.1, 0.15) is 0 Å². The third-order valence-electron chi connectivity index (χ3n) is 2.37. The Morgan fingerprint density at radius 3 is 2.15 bits per heavy atom. The molecule has 0 spiro atoms. The van der Waals surface area contributed by atoms with Crippen molar-refractivity contribution in [1.29, 1.82) is 0 Å². The minimum atomic E-state index is -0.228. The molecule has 0 saturated carbocycles. The Kier molecular flexibility index (Phi) is 7.97. The van der Waals surface area contributed by atoms with Gasteiger partial charge in [0.15, 0.2) is 0 Å². The van der Waals surface area contributed by atoms with Gasteiger partial charge in [-0.05, 0) is 0 Å². The number of ether oxygens (including phenoxy) is 2.